The predicted octanol–water partition coefficient (Wildman–Crippen LogP) is 6.06. The molecule has 0 N–H and O–H groups in total. The smallest absolute Gasteiger partial charge is 0.410 e. The topological polar surface area (TPSA) is 110 Å². The lowest BCUT2D eigenvalue weighted by molar-refractivity contribution is 0.0165. The van der Waals surface area contributed by atoms with E-state index in [1.165, 1.54) is 28.8 Å². The van der Waals surface area contributed by atoms with Gasteiger partial charge in [-0.3, -0.25) is 4.79 Å². The Kier molecular flexibility index (Phi) is 9.04. The molecule has 0 atom stereocenters. The van der Waals surface area contributed by atoms with Crippen molar-refractivity contribution in [1.29, 1.82) is 5.26 Å². The summed E-state index contributed by atoms with van der Waals surface area (Å²) in [6.07, 6.45) is 6.27. The SMILES string of the molecule is CC(C)(C)OC(=O)N1CCC(COc2cnc(-c3cccc(Cn4cc(-c5cc(C#N)ccc5F)ccc4=O)c3)nc2)CC1. The molecule has 3 heterocycles. The van der Waals surface area contributed by atoms with Crippen LogP contribution in [0.4, 0.5) is 9.18 Å². The highest BCUT2D eigenvalue weighted by atomic mass is 19.1. The molecule has 0 radical (unpaired) electrons. The number of amides is 1. The van der Waals surface area contributed by atoms with Gasteiger partial charge >= 0.3 is 6.09 Å². The van der Waals surface area contributed by atoms with Gasteiger partial charge in [-0.25, -0.2) is 19.2 Å². The molecular weight excluding hydrogens is 561 g/mol. The summed E-state index contributed by atoms with van der Waals surface area (Å²) < 4.78 is 27.4. The predicted molar refractivity (Wildman–Crippen MR) is 163 cm³/mol. The van der Waals surface area contributed by atoms with E-state index in [-0.39, 0.29) is 23.8 Å². The van der Waals surface area contributed by atoms with Crippen molar-refractivity contribution in [3.8, 4) is 34.3 Å². The molecule has 1 saturated heterocycles. The fourth-order valence-electron chi connectivity index (χ4n) is 5.00. The van der Waals surface area contributed by atoms with Gasteiger partial charge in [0.2, 0.25) is 0 Å². The summed E-state index contributed by atoms with van der Waals surface area (Å²) in [6, 6.07) is 16.7. The fourth-order valence-corrected chi connectivity index (χ4v) is 5.00. The number of carbonyl (C=O) groups is 1. The zero-order chi connectivity index (χ0) is 31.3. The van der Waals surface area contributed by atoms with E-state index < -0.39 is 11.4 Å². The zero-order valence-corrected chi connectivity index (χ0v) is 25.0. The highest BCUT2D eigenvalue weighted by molar-refractivity contribution is 5.68. The van der Waals surface area contributed by atoms with Crippen LogP contribution < -0.4 is 10.3 Å². The Morgan fingerprint density at radius 3 is 2.50 bits per heavy atom. The Labute approximate surface area is 255 Å². The molecule has 226 valence electrons. The molecule has 0 unspecified atom stereocenters. The molecule has 1 fully saturated rings. The molecule has 2 aromatic carbocycles. The number of carbonyl (C=O) groups excluding carboxylic acids is 1. The van der Waals surface area contributed by atoms with Gasteiger partial charge in [0, 0.05) is 42.0 Å². The van der Waals surface area contributed by atoms with Crippen LogP contribution in [0.1, 0.15) is 44.7 Å². The molecule has 1 aliphatic rings. The van der Waals surface area contributed by atoms with Crippen molar-refractivity contribution in [2.45, 2.75) is 45.8 Å². The fraction of sp³-hybridized carbons (Fsp3) is 0.324. The normalized spacial score (nSPS) is 13.8. The zero-order valence-electron chi connectivity index (χ0n) is 25.0. The molecule has 5 rings (SSSR count). The molecule has 0 aliphatic carbocycles. The van der Waals surface area contributed by atoms with Crippen molar-refractivity contribution >= 4 is 6.09 Å². The maximum Gasteiger partial charge on any atom is 0.410 e. The number of hydrogen-bond acceptors (Lipinski definition) is 7. The van der Waals surface area contributed by atoms with Crippen LogP contribution >= 0.6 is 0 Å². The van der Waals surface area contributed by atoms with Crippen LogP contribution in [0.15, 0.2) is 78.0 Å². The first kappa shape index (κ1) is 30.4. The number of benzene rings is 2. The van der Waals surface area contributed by atoms with E-state index in [2.05, 4.69) is 9.97 Å². The number of piperidine rings is 1. The molecule has 9 nitrogen and oxygen atoms in total. The summed E-state index contributed by atoms with van der Waals surface area (Å²) in [5.74, 6) is 0.931. The van der Waals surface area contributed by atoms with Gasteiger partial charge in [0.15, 0.2) is 11.6 Å². The summed E-state index contributed by atoms with van der Waals surface area (Å²) in [5.41, 5.74) is 1.98. The molecule has 2 aromatic heterocycles. The maximum absolute atomic E-state index is 14.5. The second-order valence-electron chi connectivity index (χ2n) is 11.9. The van der Waals surface area contributed by atoms with Gasteiger partial charge in [0.05, 0.1) is 37.2 Å². The van der Waals surface area contributed by atoms with Crippen LogP contribution in [-0.4, -0.2) is 50.8 Å². The lowest BCUT2D eigenvalue weighted by Gasteiger charge is -2.33. The van der Waals surface area contributed by atoms with E-state index in [0.717, 1.165) is 24.0 Å². The molecule has 1 amide bonds. The molecular formula is C34H34FN5O4. The minimum Gasteiger partial charge on any atom is -0.490 e. The van der Waals surface area contributed by atoms with Crippen LogP contribution in [-0.2, 0) is 11.3 Å². The van der Waals surface area contributed by atoms with Crippen molar-refractivity contribution in [3.63, 3.8) is 0 Å². The summed E-state index contributed by atoms with van der Waals surface area (Å²) in [4.78, 5) is 35.6. The van der Waals surface area contributed by atoms with Crippen molar-refractivity contribution in [2.24, 2.45) is 5.92 Å². The highest BCUT2D eigenvalue weighted by Crippen LogP contribution is 2.25. The van der Waals surface area contributed by atoms with Crippen LogP contribution in [0.5, 0.6) is 5.75 Å². The molecule has 0 saturated carbocycles. The number of nitrogens with zero attached hydrogens (tertiary/aromatic N) is 5. The first-order valence-electron chi connectivity index (χ1n) is 14.5. The minimum absolute atomic E-state index is 0.232. The quantitative estimate of drug-likeness (QED) is 0.256. The average molecular weight is 596 g/mol. The maximum atomic E-state index is 14.5. The second-order valence-corrected chi connectivity index (χ2v) is 11.9. The third kappa shape index (κ3) is 7.67. The van der Waals surface area contributed by atoms with Crippen LogP contribution in [0.2, 0.25) is 0 Å². The number of hydrogen-bond donors (Lipinski definition) is 0. The van der Waals surface area contributed by atoms with E-state index in [4.69, 9.17) is 9.47 Å². The Morgan fingerprint density at radius 1 is 1.05 bits per heavy atom. The van der Waals surface area contributed by atoms with Crippen LogP contribution in [0.25, 0.3) is 22.5 Å². The average Bonchev–Trinajstić information content (AvgIpc) is 3.01. The van der Waals surface area contributed by atoms with Crippen LogP contribution in [0.3, 0.4) is 0 Å². The van der Waals surface area contributed by atoms with Gasteiger partial charge in [0.25, 0.3) is 5.56 Å². The van der Waals surface area contributed by atoms with E-state index in [1.807, 2.05) is 51.1 Å². The molecule has 0 spiro atoms. The Morgan fingerprint density at radius 2 is 1.80 bits per heavy atom. The summed E-state index contributed by atoms with van der Waals surface area (Å²) in [7, 11) is 0. The van der Waals surface area contributed by atoms with Gasteiger partial charge in [0.1, 0.15) is 11.4 Å². The van der Waals surface area contributed by atoms with E-state index in [9.17, 15) is 19.2 Å². The minimum atomic E-state index is -0.509. The van der Waals surface area contributed by atoms with Crippen molar-refractivity contribution in [2.75, 3.05) is 19.7 Å². The summed E-state index contributed by atoms with van der Waals surface area (Å²) in [5, 5.41) is 9.20. The number of likely N-dealkylation sites (tertiary alicyclic amines) is 1. The van der Waals surface area contributed by atoms with Gasteiger partial charge in [-0.15, -0.1) is 0 Å². The molecule has 4 aromatic rings. The van der Waals surface area contributed by atoms with Crippen molar-refractivity contribution < 1.29 is 18.7 Å². The van der Waals surface area contributed by atoms with E-state index in [0.29, 0.717) is 48.3 Å². The largest absolute Gasteiger partial charge is 0.490 e. The summed E-state index contributed by atoms with van der Waals surface area (Å²) >= 11 is 0. The number of rotatable bonds is 7. The van der Waals surface area contributed by atoms with Crippen molar-refractivity contribution in [3.05, 3.63) is 100 Å². The second kappa shape index (κ2) is 13.1. The Bertz CT molecular complexity index is 1730. The molecule has 10 heteroatoms. The van der Waals surface area contributed by atoms with Gasteiger partial charge in [-0.1, -0.05) is 18.2 Å². The number of aromatic nitrogens is 3. The molecule has 0 bridgehead atoms. The lowest BCUT2D eigenvalue weighted by atomic mass is 9.98. The van der Waals surface area contributed by atoms with Gasteiger partial charge in [-0.05, 0) is 75.4 Å². The Balaban J connectivity index is 1.20. The number of halogens is 1. The van der Waals surface area contributed by atoms with Gasteiger partial charge in [-0.2, -0.15) is 5.26 Å². The lowest BCUT2D eigenvalue weighted by Crippen LogP contribution is -2.42. The third-order valence-corrected chi connectivity index (χ3v) is 7.31. The highest BCUT2D eigenvalue weighted by Gasteiger charge is 2.27. The van der Waals surface area contributed by atoms with Gasteiger partial charge < -0.3 is 18.9 Å². The van der Waals surface area contributed by atoms with Crippen molar-refractivity contribution in [1.82, 2.24) is 19.4 Å². The number of pyridine rings is 1. The first-order chi connectivity index (χ1) is 21.1. The standard InChI is InChI=1S/C34H34FN5O4/c1-34(2,3)44-33(42)39-13-11-23(12-14-39)22-43-28-18-37-32(38-19-28)26-6-4-5-25(15-26)20-40-21-27(8-10-31(40)41)29-16-24(17-36)7-9-30(29)35/h4-10,15-16,18-19,21,23H,11-14,20,22H2,1-3H3. The van der Waals surface area contributed by atoms with Crippen LogP contribution in [0, 0.1) is 23.1 Å². The van der Waals surface area contributed by atoms with E-state index >= 15 is 0 Å². The number of ether oxygens (including phenoxy) is 2. The van der Waals surface area contributed by atoms with E-state index in [1.54, 1.807) is 29.6 Å². The molecule has 44 heavy (non-hydrogen) atoms. The third-order valence-electron chi connectivity index (χ3n) is 7.31. The number of nitriles is 1. The summed E-state index contributed by atoms with van der Waals surface area (Å²) in [6.45, 7) is 7.63. The Hall–Kier alpha value is -5.04. The first-order valence-corrected chi connectivity index (χ1v) is 14.5. The monoisotopic (exact) mass is 595 g/mol. The molecule has 1 aliphatic heterocycles.